The van der Waals surface area contributed by atoms with E-state index in [0.29, 0.717) is 16.8 Å². The van der Waals surface area contributed by atoms with Crippen LogP contribution in [0.25, 0.3) is 11.1 Å². The van der Waals surface area contributed by atoms with E-state index in [1.165, 1.54) is 35.9 Å². The van der Waals surface area contributed by atoms with Crippen molar-refractivity contribution in [1.82, 2.24) is 4.90 Å². The highest BCUT2D eigenvalue weighted by Gasteiger charge is 2.33. The summed E-state index contributed by atoms with van der Waals surface area (Å²) in [7, 11) is 1.44. The van der Waals surface area contributed by atoms with Gasteiger partial charge >= 0.3 is 0 Å². The maximum atomic E-state index is 12.7. The van der Waals surface area contributed by atoms with E-state index in [-0.39, 0.29) is 17.4 Å². The Morgan fingerprint density at radius 1 is 0.733 bits per heavy atom. The highest BCUT2D eigenvalue weighted by atomic mass is 16.2. The smallest absolute Gasteiger partial charge is 0.261 e. The minimum Gasteiger partial charge on any atom is -0.322 e. The Morgan fingerprint density at radius 2 is 1.33 bits per heavy atom. The van der Waals surface area contributed by atoms with Gasteiger partial charge in [0.1, 0.15) is 0 Å². The normalized spacial score (nSPS) is 12.9. The van der Waals surface area contributed by atoms with Crippen molar-refractivity contribution >= 4 is 23.4 Å². The molecule has 0 saturated heterocycles. The van der Waals surface area contributed by atoms with Crippen LogP contribution in [0, 0.1) is 20.8 Å². The zero-order chi connectivity index (χ0) is 21.6. The number of hydrogen-bond acceptors (Lipinski definition) is 3. The molecule has 1 aliphatic rings. The number of aryl methyl sites for hydroxylation is 3. The molecule has 5 heteroatoms. The molecule has 1 aliphatic heterocycles. The fraction of sp³-hybridized carbons (Fsp3) is 0.160. The number of rotatable bonds is 3. The van der Waals surface area contributed by atoms with Crippen molar-refractivity contribution in [3.8, 4) is 11.1 Å². The molecule has 0 aromatic heterocycles. The molecule has 1 heterocycles. The number of carbonyl (C=O) groups excluding carboxylic acids is 3. The van der Waals surface area contributed by atoms with E-state index in [9.17, 15) is 14.4 Å². The average Bonchev–Trinajstić information content (AvgIpc) is 2.92. The van der Waals surface area contributed by atoms with Gasteiger partial charge in [0.25, 0.3) is 17.7 Å². The molecular formula is C25H22N2O3. The van der Waals surface area contributed by atoms with E-state index < -0.39 is 5.91 Å². The lowest BCUT2D eigenvalue weighted by atomic mass is 9.95. The first-order chi connectivity index (χ1) is 14.3. The molecule has 0 saturated carbocycles. The summed E-state index contributed by atoms with van der Waals surface area (Å²) in [5.41, 5.74) is 7.36. The van der Waals surface area contributed by atoms with Gasteiger partial charge in [0, 0.05) is 18.3 Å². The van der Waals surface area contributed by atoms with Crippen molar-refractivity contribution in [1.29, 1.82) is 0 Å². The lowest BCUT2D eigenvalue weighted by Gasteiger charge is -2.13. The summed E-state index contributed by atoms with van der Waals surface area (Å²) in [6.45, 7) is 6.18. The van der Waals surface area contributed by atoms with Gasteiger partial charge in [-0.3, -0.25) is 19.3 Å². The summed E-state index contributed by atoms with van der Waals surface area (Å²) in [6.07, 6.45) is 0. The van der Waals surface area contributed by atoms with Crippen molar-refractivity contribution in [3.63, 3.8) is 0 Å². The molecule has 0 spiro atoms. The molecule has 30 heavy (non-hydrogen) atoms. The van der Waals surface area contributed by atoms with Crippen LogP contribution >= 0.6 is 0 Å². The van der Waals surface area contributed by atoms with Gasteiger partial charge < -0.3 is 5.32 Å². The number of nitrogens with one attached hydrogen (secondary N) is 1. The van der Waals surface area contributed by atoms with E-state index in [1.807, 2.05) is 25.1 Å². The zero-order valence-electron chi connectivity index (χ0n) is 17.4. The fourth-order valence-electron chi connectivity index (χ4n) is 3.87. The van der Waals surface area contributed by atoms with Crippen molar-refractivity contribution in [3.05, 3.63) is 88.0 Å². The van der Waals surface area contributed by atoms with Crippen molar-refractivity contribution in [2.45, 2.75) is 20.8 Å². The van der Waals surface area contributed by atoms with Gasteiger partial charge in [-0.2, -0.15) is 0 Å². The van der Waals surface area contributed by atoms with Crippen LogP contribution in [0.15, 0.2) is 54.6 Å². The summed E-state index contributed by atoms with van der Waals surface area (Å²) < 4.78 is 0. The van der Waals surface area contributed by atoms with Crippen LogP contribution in [0.3, 0.4) is 0 Å². The predicted molar refractivity (Wildman–Crippen MR) is 117 cm³/mol. The molecule has 3 amide bonds. The second-order valence-corrected chi connectivity index (χ2v) is 7.73. The van der Waals surface area contributed by atoms with E-state index in [2.05, 4.69) is 37.4 Å². The van der Waals surface area contributed by atoms with Gasteiger partial charge in [0.05, 0.1) is 11.1 Å². The van der Waals surface area contributed by atoms with Crippen LogP contribution in [0.4, 0.5) is 5.69 Å². The van der Waals surface area contributed by atoms with Gasteiger partial charge in [-0.1, -0.05) is 29.8 Å². The monoisotopic (exact) mass is 398 g/mol. The van der Waals surface area contributed by atoms with E-state index >= 15 is 0 Å². The molecule has 0 atom stereocenters. The summed E-state index contributed by atoms with van der Waals surface area (Å²) in [5.74, 6) is -1.07. The molecule has 0 unspecified atom stereocenters. The molecule has 4 rings (SSSR count). The number of nitrogens with zero attached hydrogens (tertiary/aromatic N) is 1. The van der Waals surface area contributed by atoms with Crippen molar-refractivity contribution in [2.24, 2.45) is 0 Å². The maximum Gasteiger partial charge on any atom is 0.261 e. The van der Waals surface area contributed by atoms with Gasteiger partial charge in [-0.25, -0.2) is 0 Å². The number of hydrogen-bond donors (Lipinski definition) is 1. The van der Waals surface area contributed by atoms with Crippen molar-refractivity contribution in [2.75, 3.05) is 12.4 Å². The van der Waals surface area contributed by atoms with Crippen LogP contribution in [0.2, 0.25) is 0 Å². The summed E-state index contributed by atoms with van der Waals surface area (Å²) in [5, 5.41) is 2.88. The van der Waals surface area contributed by atoms with Gasteiger partial charge in [0.2, 0.25) is 0 Å². The first kappa shape index (κ1) is 19.6. The summed E-state index contributed by atoms with van der Waals surface area (Å²) in [6, 6.07) is 16.7. The standard InChI is InChI=1S/C25H22N2O3/c1-14-5-8-19(15(2)11-14)20-10-7-18(12-16(20)3)26-23(28)17-6-9-21-22(13-17)25(30)27(4)24(21)29/h5-13H,1-4H3,(H,26,28). The molecule has 0 fully saturated rings. The first-order valence-corrected chi connectivity index (χ1v) is 9.72. The molecule has 150 valence electrons. The second-order valence-electron chi connectivity index (χ2n) is 7.73. The van der Waals surface area contributed by atoms with Gasteiger partial charge in [-0.05, 0) is 73.4 Å². The third kappa shape index (κ3) is 3.28. The molecule has 1 N–H and O–H groups in total. The van der Waals surface area contributed by atoms with Crippen molar-refractivity contribution < 1.29 is 14.4 Å². The molecule has 3 aromatic carbocycles. The van der Waals surface area contributed by atoms with Crippen LogP contribution in [-0.4, -0.2) is 29.7 Å². The topological polar surface area (TPSA) is 66.5 Å². The minimum absolute atomic E-state index is 0.261. The fourth-order valence-corrected chi connectivity index (χ4v) is 3.87. The van der Waals surface area contributed by atoms with E-state index in [1.54, 1.807) is 6.07 Å². The SMILES string of the molecule is Cc1ccc(-c2ccc(NC(=O)c3ccc4c(c3)C(=O)N(C)C4=O)cc2C)c(C)c1. The maximum absolute atomic E-state index is 12.7. The van der Waals surface area contributed by atoms with E-state index in [0.717, 1.165) is 16.0 Å². The Kier molecular flexibility index (Phi) is 4.74. The van der Waals surface area contributed by atoms with Gasteiger partial charge in [0.15, 0.2) is 0 Å². The third-order valence-electron chi connectivity index (χ3n) is 5.51. The Bertz CT molecular complexity index is 1230. The Labute approximate surface area is 175 Å². The number of imide groups is 1. The predicted octanol–water partition coefficient (Wildman–Crippen LogP) is 4.76. The molecule has 0 radical (unpaired) electrons. The van der Waals surface area contributed by atoms with Crippen LogP contribution in [0.1, 0.15) is 47.8 Å². The Balaban J connectivity index is 1.58. The lowest BCUT2D eigenvalue weighted by Crippen LogP contribution is -2.24. The first-order valence-electron chi connectivity index (χ1n) is 9.72. The minimum atomic E-state index is -0.390. The largest absolute Gasteiger partial charge is 0.322 e. The number of anilines is 1. The van der Waals surface area contributed by atoms with Crippen LogP contribution < -0.4 is 5.32 Å². The Hall–Kier alpha value is -3.73. The van der Waals surface area contributed by atoms with Gasteiger partial charge in [-0.15, -0.1) is 0 Å². The number of amides is 3. The van der Waals surface area contributed by atoms with E-state index in [4.69, 9.17) is 0 Å². The highest BCUT2D eigenvalue weighted by Crippen LogP contribution is 2.29. The third-order valence-corrected chi connectivity index (χ3v) is 5.51. The Morgan fingerprint density at radius 3 is 2.00 bits per heavy atom. The highest BCUT2D eigenvalue weighted by molar-refractivity contribution is 6.22. The second kappa shape index (κ2) is 7.26. The molecule has 0 bridgehead atoms. The summed E-state index contributed by atoms with van der Waals surface area (Å²) in [4.78, 5) is 38.0. The summed E-state index contributed by atoms with van der Waals surface area (Å²) >= 11 is 0. The average molecular weight is 398 g/mol. The lowest BCUT2D eigenvalue weighted by molar-refractivity contribution is 0.0693. The van der Waals surface area contributed by atoms with Crippen LogP contribution in [-0.2, 0) is 0 Å². The molecular weight excluding hydrogens is 376 g/mol. The number of fused-ring (bicyclic) bond motifs is 1. The zero-order valence-corrected chi connectivity index (χ0v) is 17.4. The number of benzene rings is 3. The molecule has 5 nitrogen and oxygen atoms in total. The number of carbonyl (C=O) groups is 3. The molecule has 0 aliphatic carbocycles. The molecule has 3 aromatic rings. The van der Waals surface area contributed by atoms with Crippen LogP contribution in [0.5, 0.6) is 0 Å². The quantitative estimate of drug-likeness (QED) is 0.647.